The summed E-state index contributed by atoms with van der Waals surface area (Å²) in [5.41, 5.74) is 16.4. The van der Waals surface area contributed by atoms with Crippen LogP contribution in [-0.4, -0.2) is 56.5 Å². The highest BCUT2D eigenvalue weighted by molar-refractivity contribution is 7.78. The van der Waals surface area contributed by atoms with Crippen molar-refractivity contribution in [2.75, 3.05) is 17.7 Å². The van der Waals surface area contributed by atoms with Crippen molar-refractivity contribution in [1.82, 2.24) is 34.6 Å². The molecule has 6 aromatic rings. The fourth-order valence-corrected chi connectivity index (χ4v) is 5.52. The average molecular weight is 653 g/mol. The van der Waals surface area contributed by atoms with Crippen LogP contribution < -0.4 is 16.8 Å². The monoisotopic (exact) mass is 652 g/mol. The molecule has 1 aliphatic rings. The summed E-state index contributed by atoms with van der Waals surface area (Å²) >= 11 is -1.86. The maximum absolute atomic E-state index is 14.6. The first kappa shape index (κ1) is 31.2. The minimum absolute atomic E-state index is 0.0199. The van der Waals surface area contributed by atoms with Crippen molar-refractivity contribution in [2.24, 2.45) is 0 Å². The molecule has 4 aromatic heterocycles. The molecule has 0 spiro atoms. The number of hydrogen-bond acceptors (Lipinski definition) is 10. The molecule has 1 aliphatic carbocycles. The van der Waals surface area contributed by atoms with Crippen molar-refractivity contribution in [1.29, 1.82) is 0 Å². The summed E-state index contributed by atoms with van der Waals surface area (Å²) in [6, 6.07) is 16.9. The predicted octanol–water partition coefficient (Wildman–Crippen LogP) is 3.70. The van der Waals surface area contributed by atoms with Crippen LogP contribution in [0.25, 0.3) is 34.1 Å². The number of aromatic nitrogens is 6. The number of aryl methyl sites for hydroxylation is 1. The summed E-state index contributed by atoms with van der Waals surface area (Å²) in [5.74, 6) is 0.139. The molecule has 0 radical (unpaired) electrons. The number of nitrogens with two attached hydrogens (primary N) is 2. The summed E-state index contributed by atoms with van der Waals surface area (Å²) in [4.78, 5) is 38.3. The smallest absolute Gasteiger partial charge is 0.254 e. The summed E-state index contributed by atoms with van der Waals surface area (Å²) in [6.45, 7) is 0. The Morgan fingerprint density at radius 2 is 1.91 bits per heavy atom. The fraction of sp³-hybridized carbons (Fsp3) is 0.125. The number of carbonyl (C=O) groups excluding carboxylic acids is 2. The molecule has 7 rings (SSSR count). The third kappa shape index (κ3) is 6.21. The van der Waals surface area contributed by atoms with E-state index in [4.69, 9.17) is 30.2 Å². The molecular weight excluding hydrogens is 625 g/mol. The van der Waals surface area contributed by atoms with E-state index < -0.39 is 22.8 Å². The van der Waals surface area contributed by atoms with Gasteiger partial charge in [-0.1, -0.05) is 17.1 Å². The zero-order chi connectivity index (χ0) is 33.2. The number of nitrogens with one attached hydrogen (secondary N) is 1. The van der Waals surface area contributed by atoms with Gasteiger partial charge < -0.3 is 21.3 Å². The van der Waals surface area contributed by atoms with Gasteiger partial charge >= 0.3 is 0 Å². The lowest BCUT2D eigenvalue weighted by Crippen LogP contribution is -2.28. The number of carbonyl (C=O) groups is 2. The number of nitrogens with zero attached hydrogens (tertiary/aromatic N) is 6. The Kier molecular flexibility index (Phi) is 8.56. The SMILES string of the molecule is CS(=O)[O-].Nc1cc(F)c(C(=O)NC2CCc3cc(-n4c(-c5cccnc5N)nc5ccc(-n6cccn6)nc54)ccc32)cc1C=O. The number of halogens is 1. The molecular formula is C32H27FN9O4S-. The molecule has 15 heteroatoms. The minimum Gasteiger partial charge on any atom is -0.773 e. The molecule has 2 aromatic carbocycles. The van der Waals surface area contributed by atoms with E-state index >= 15 is 0 Å². The second-order valence-electron chi connectivity index (χ2n) is 10.6. The van der Waals surface area contributed by atoms with Gasteiger partial charge in [-0.3, -0.25) is 18.4 Å². The van der Waals surface area contributed by atoms with Crippen molar-refractivity contribution in [3.63, 3.8) is 0 Å². The number of aldehydes is 1. The third-order valence-corrected chi connectivity index (χ3v) is 7.62. The molecule has 4 heterocycles. The number of amides is 1. The Morgan fingerprint density at radius 1 is 1.11 bits per heavy atom. The van der Waals surface area contributed by atoms with Crippen LogP contribution in [-0.2, 0) is 17.5 Å². The highest BCUT2D eigenvalue weighted by Crippen LogP contribution is 2.36. The number of imidazole rings is 1. The van der Waals surface area contributed by atoms with Crippen LogP contribution in [0.5, 0.6) is 0 Å². The van der Waals surface area contributed by atoms with E-state index in [0.717, 1.165) is 29.1 Å². The molecule has 0 saturated carbocycles. The molecule has 13 nitrogen and oxygen atoms in total. The first-order valence-corrected chi connectivity index (χ1v) is 15.7. The molecule has 47 heavy (non-hydrogen) atoms. The lowest BCUT2D eigenvalue weighted by atomic mass is 10.0. The molecule has 0 fully saturated rings. The second-order valence-corrected chi connectivity index (χ2v) is 11.4. The zero-order valence-electron chi connectivity index (χ0n) is 24.8. The Hall–Kier alpha value is -5.80. The van der Waals surface area contributed by atoms with Gasteiger partial charge in [0.2, 0.25) is 0 Å². The molecule has 0 bridgehead atoms. The highest BCUT2D eigenvalue weighted by atomic mass is 32.2. The Labute approximate surface area is 269 Å². The zero-order valence-corrected chi connectivity index (χ0v) is 25.6. The summed E-state index contributed by atoms with van der Waals surface area (Å²) in [7, 11) is 0. The summed E-state index contributed by atoms with van der Waals surface area (Å²) < 4.78 is 36.2. The Bertz CT molecular complexity index is 2160. The molecule has 5 N–H and O–H groups in total. The second kappa shape index (κ2) is 12.9. The number of nitrogen functional groups attached to an aromatic ring is 2. The van der Waals surface area contributed by atoms with E-state index in [1.54, 1.807) is 23.1 Å². The molecule has 2 atom stereocenters. The molecule has 0 aliphatic heterocycles. The van der Waals surface area contributed by atoms with E-state index in [0.29, 0.717) is 53.3 Å². The van der Waals surface area contributed by atoms with Gasteiger partial charge in [-0.25, -0.2) is 24.0 Å². The van der Waals surface area contributed by atoms with Gasteiger partial charge in [-0.2, -0.15) is 5.10 Å². The molecule has 238 valence electrons. The van der Waals surface area contributed by atoms with Gasteiger partial charge in [0, 0.05) is 35.5 Å². The standard InChI is InChI=1S/C31H24FN9O2.CH4O2S/c32-23-15-24(33)18(16-42)14-22(23)31(43)38-25-7-4-17-13-19(5-6-20(17)25)41-29(21-3-1-10-35-28(21)34)37-26-8-9-27(39-30(26)41)40-12-2-11-36-40;1-4(2)3/h1-3,5-6,8-16,25H,4,7,33H2,(H2,34,35)(H,38,43);1H3,(H,2,3)/p-1. The molecule has 0 saturated heterocycles. The predicted molar refractivity (Wildman–Crippen MR) is 173 cm³/mol. The van der Waals surface area contributed by atoms with Gasteiger partial charge in [0.25, 0.3) is 5.91 Å². The van der Waals surface area contributed by atoms with Gasteiger partial charge in [-0.15, -0.1) is 0 Å². The van der Waals surface area contributed by atoms with Crippen LogP contribution in [0.1, 0.15) is 44.3 Å². The van der Waals surface area contributed by atoms with Crippen LogP contribution in [0.15, 0.2) is 79.3 Å². The summed E-state index contributed by atoms with van der Waals surface area (Å²) in [6.07, 6.45) is 8.01. The van der Waals surface area contributed by atoms with Crippen LogP contribution >= 0.6 is 0 Å². The van der Waals surface area contributed by atoms with E-state index in [9.17, 15) is 14.0 Å². The number of pyridine rings is 2. The first-order chi connectivity index (χ1) is 22.6. The van der Waals surface area contributed by atoms with Crippen LogP contribution in [0, 0.1) is 5.82 Å². The van der Waals surface area contributed by atoms with E-state index in [1.165, 1.54) is 6.07 Å². The van der Waals surface area contributed by atoms with Crippen LogP contribution in [0.4, 0.5) is 15.9 Å². The van der Waals surface area contributed by atoms with Gasteiger partial charge in [0.1, 0.15) is 17.2 Å². The third-order valence-electron chi connectivity index (χ3n) is 7.62. The van der Waals surface area contributed by atoms with Crippen LogP contribution in [0.3, 0.4) is 0 Å². The Balaban J connectivity index is 0.000000915. The highest BCUT2D eigenvalue weighted by Gasteiger charge is 2.27. The quantitative estimate of drug-likeness (QED) is 0.135. The van der Waals surface area contributed by atoms with Crippen molar-refractivity contribution in [3.05, 3.63) is 107 Å². The number of rotatable bonds is 6. The average Bonchev–Trinajstić information content (AvgIpc) is 3.80. The van der Waals surface area contributed by atoms with Crippen molar-refractivity contribution >= 4 is 45.9 Å². The number of fused-ring (bicyclic) bond motifs is 2. The van der Waals surface area contributed by atoms with E-state index in [1.807, 2.05) is 53.2 Å². The lowest BCUT2D eigenvalue weighted by Gasteiger charge is -2.16. The van der Waals surface area contributed by atoms with E-state index in [-0.39, 0.29) is 22.9 Å². The lowest BCUT2D eigenvalue weighted by molar-refractivity contribution is 0.0932. The first-order valence-electron chi connectivity index (χ1n) is 14.2. The summed E-state index contributed by atoms with van der Waals surface area (Å²) in [5, 5.41) is 7.22. The largest absolute Gasteiger partial charge is 0.773 e. The minimum atomic E-state index is -1.86. The van der Waals surface area contributed by atoms with Gasteiger partial charge in [-0.05, 0) is 84.8 Å². The Morgan fingerprint density at radius 3 is 2.64 bits per heavy atom. The molecule has 1 amide bonds. The van der Waals surface area contributed by atoms with Gasteiger partial charge in [0.15, 0.2) is 23.6 Å². The van der Waals surface area contributed by atoms with Crippen molar-refractivity contribution in [2.45, 2.75) is 18.9 Å². The van der Waals surface area contributed by atoms with Crippen LogP contribution in [0.2, 0.25) is 0 Å². The number of anilines is 2. The van der Waals surface area contributed by atoms with Gasteiger partial charge in [0.05, 0.1) is 17.2 Å². The maximum Gasteiger partial charge on any atom is 0.254 e. The maximum atomic E-state index is 14.6. The normalized spacial score (nSPS) is 14.2. The number of benzene rings is 2. The topological polar surface area (TPSA) is 200 Å². The molecule has 2 unspecified atom stereocenters. The van der Waals surface area contributed by atoms with E-state index in [2.05, 4.69) is 15.4 Å². The van der Waals surface area contributed by atoms with Crippen molar-refractivity contribution < 1.29 is 22.7 Å². The van der Waals surface area contributed by atoms with Crippen molar-refractivity contribution in [3.8, 4) is 22.9 Å². The number of hydrogen-bond donors (Lipinski definition) is 3. The fourth-order valence-electron chi connectivity index (χ4n) is 5.52.